The molecule has 0 fully saturated rings. The SMILES string of the molecule is CS(=O)(=O)NCCCNc1nncs1. The van der Waals surface area contributed by atoms with E-state index < -0.39 is 10.0 Å². The van der Waals surface area contributed by atoms with Gasteiger partial charge in [-0.3, -0.25) is 0 Å². The number of hydrogen-bond donors (Lipinski definition) is 2. The molecular formula is C6H12N4O2S2. The first-order valence-electron chi connectivity index (χ1n) is 4.02. The van der Waals surface area contributed by atoms with E-state index in [-0.39, 0.29) is 0 Å². The number of rotatable bonds is 6. The Kier molecular flexibility index (Phi) is 4.23. The van der Waals surface area contributed by atoms with Crippen LogP contribution < -0.4 is 10.0 Å². The average molecular weight is 236 g/mol. The molecule has 1 rings (SSSR count). The molecule has 0 bridgehead atoms. The first-order valence-corrected chi connectivity index (χ1v) is 6.80. The summed E-state index contributed by atoms with van der Waals surface area (Å²) < 4.78 is 23.7. The predicted molar refractivity (Wildman–Crippen MR) is 55.9 cm³/mol. The highest BCUT2D eigenvalue weighted by Crippen LogP contribution is 2.06. The summed E-state index contributed by atoms with van der Waals surface area (Å²) in [6.07, 6.45) is 1.86. The largest absolute Gasteiger partial charge is 0.360 e. The number of nitrogens with zero attached hydrogens (tertiary/aromatic N) is 2. The van der Waals surface area contributed by atoms with Crippen molar-refractivity contribution in [3.63, 3.8) is 0 Å². The van der Waals surface area contributed by atoms with Crippen molar-refractivity contribution in [2.75, 3.05) is 24.7 Å². The van der Waals surface area contributed by atoms with Crippen LogP contribution in [0.15, 0.2) is 5.51 Å². The van der Waals surface area contributed by atoms with Gasteiger partial charge in [-0.25, -0.2) is 13.1 Å². The molecule has 14 heavy (non-hydrogen) atoms. The van der Waals surface area contributed by atoms with E-state index in [1.165, 1.54) is 11.3 Å². The molecular weight excluding hydrogens is 224 g/mol. The third-order valence-electron chi connectivity index (χ3n) is 1.35. The van der Waals surface area contributed by atoms with Crippen molar-refractivity contribution in [2.24, 2.45) is 0 Å². The molecule has 0 aliphatic rings. The molecule has 0 atom stereocenters. The van der Waals surface area contributed by atoms with Gasteiger partial charge in [0.2, 0.25) is 15.2 Å². The van der Waals surface area contributed by atoms with E-state index in [0.717, 1.165) is 11.4 Å². The van der Waals surface area contributed by atoms with Gasteiger partial charge in [-0.15, -0.1) is 10.2 Å². The molecule has 0 aliphatic carbocycles. The molecule has 0 aromatic carbocycles. The first-order chi connectivity index (χ1) is 6.58. The van der Waals surface area contributed by atoms with Gasteiger partial charge in [-0.05, 0) is 6.42 Å². The minimum atomic E-state index is -3.06. The van der Waals surface area contributed by atoms with Crippen LogP contribution in [0.5, 0.6) is 0 Å². The quantitative estimate of drug-likeness (QED) is 0.673. The molecule has 2 N–H and O–H groups in total. The Hall–Kier alpha value is -0.730. The van der Waals surface area contributed by atoms with Gasteiger partial charge in [0.05, 0.1) is 6.26 Å². The van der Waals surface area contributed by atoms with E-state index >= 15 is 0 Å². The summed E-state index contributed by atoms with van der Waals surface area (Å²) in [5, 5.41) is 11.2. The second-order valence-corrected chi connectivity index (χ2v) is 5.36. The maximum Gasteiger partial charge on any atom is 0.208 e. The van der Waals surface area contributed by atoms with Crippen molar-refractivity contribution >= 4 is 26.5 Å². The van der Waals surface area contributed by atoms with Crippen LogP contribution in [-0.2, 0) is 10.0 Å². The highest BCUT2D eigenvalue weighted by Gasteiger charge is 1.99. The third kappa shape index (κ3) is 5.10. The number of aromatic nitrogens is 2. The molecule has 0 saturated carbocycles. The van der Waals surface area contributed by atoms with Crippen LogP contribution in [0.1, 0.15) is 6.42 Å². The van der Waals surface area contributed by atoms with Gasteiger partial charge in [0, 0.05) is 13.1 Å². The average Bonchev–Trinajstić information content (AvgIpc) is 2.54. The van der Waals surface area contributed by atoms with Crippen molar-refractivity contribution in [1.82, 2.24) is 14.9 Å². The van der Waals surface area contributed by atoms with Crippen LogP contribution >= 0.6 is 11.3 Å². The van der Waals surface area contributed by atoms with Crippen LogP contribution in [0, 0.1) is 0 Å². The lowest BCUT2D eigenvalue weighted by molar-refractivity contribution is 0.586. The second-order valence-electron chi connectivity index (χ2n) is 2.69. The van der Waals surface area contributed by atoms with E-state index in [9.17, 15) is 8.42 Å². The Morgan fingerprint density at radius 2 is 2.29 bits per heavy atom. The molecule has 80 valence electrons. The van der Waals surface area contributed by atoms with Gasteiger partial charge >= 0.3 is 0 Å². The minimum absolute atomic E-state index is 0.435. The van der Waals surface area contributed by atoms with E-state index in [4.69, 9.17) is 0 Å². The summed E-state index contributed by atoms with van der Waals surface area (Å²) in [6.45, 7) is 1.11. The maximum atomic E-state index is 10.7. The first kappa shape index (κ1) is 11.3. The summed E-state index contributed by atoms with van der Waals surface area (Å²) in [5.74, 6) is 0. The van der Waals surface area contributed by atoms with Crippen molar-refractivity contribution in [1.29, 1.82) is 0 Å². The van der Waals surface area contributed by atoms with Gasteiger partial charge in [-0.1, -0.05) is 11.3 Å². The van der Waals surface area contributed by atoms with E-state index in [0.29, 0.717) is 19.5 Å². The zero-order chi connectivity index (χ0) is 10.4. The molecule has 0 saturated heterocycles. The number of hydrogen-bond acceptors (Lipinski definition) is 6. The van der Waals surface area contributed by atoms with Gasteiger partial charge < -0.3 is 5.32 Å². The Morgan fingerprint density at radius 3 is 2.86 bits per heavy atom. The molecule has 1 aromatic heterocycles. The van der Waals surface area contributed by atoms with Crippen molar-refractivity contribution in [3.05, 3.63) is 5.51 Å². The monoisotopic (exact) mass is 236 g/mol. The summed E-state index contributed by atoms with van der Waals surface area (Å²) in [5.41, 5.74) is 1.64. The van der Waals surface area contributed by atoms with Crippen LogP contribution in [0.2, 0.25) is 0 Å². The number of sulfonamides is 1. The number of anilines is 1. The van der Waals surface area contributed by atoms with E-state index in [2.05, 4.69) is 20.2 Å². The topological polar surface area (TPSA) is 84.0 Å². The van der Waals surface area contributed by atoms with Gasteiger partial charge in [0.1, 0.15) is 5.51 Å². The van der Waals surface area contributed by atoms with E-state index in [1.54, 1.807) is 5.51 Å². The van der Waals surface area contributed by atoms with Crippen LogP contribution in [0.25, 0.3) is 0 Å². The molecule has 0 radical (unpaired) electrons. The van der Waals surface area contributed by atoms with Gasteiger partial charge in [0.25, 0.3) is 0 Å². The molecule has 0 amide bonds. The van der Waals surface area contributed by atoms with Crippen molar-refractivity contribution < 1.29 is 8.42 Å². The smallest absolute Gasteiger partial charge is 0.208 e. The lowest BCUT2D eigenvalue weighted by atomic mass is 10.4. The van der Waals surface area contributed by atoms with Crippen LogP contribution in [0.4, 0.5) is 5.13 Å². The molecule has 1 heterocycles. The summed E-state index contributed by atoms with van der Waals surface area (Å²) >= 11 is 1.41. The second kappa shape index (κ2) is 5.23. The van der Waals surface area contributed by atoms with Gasteiger partial charge in [0.15, 0.2) is 0 Å². The molecule has 8 heteroatoms. The standard InChI is InChI=1S/C6H12N4O2S2/c1-14(11,12)9-4-2-3-7-6-10-8-5-13-6/h5,9H,2-4H2,1H3,(H,7,10). The Morgan fingerprint density at radius 1 is 1.50 bits per heavy atom. The highest BCUT2D eigenvalue weighted by molar-refractivity contribution is 7.88. The molecule has 6 nitrogen and oxygen atoms in total. The lowest BCUT2D eigenvalue weighted by Gasteiger charge is -2.02. The van der Waals surface area contributed by atoms with Crippen LogP contribution in [0.3, 0.4) is 0 Å². The maximum absolute atomic E-state index is 10.7. The molecule has 1 aromatic rings. The normalized spacial score (nSPS) is 11.5. The molecule has 0 unspecified atom stereocenters. The predicted octanol–water partition coefficient (Wildman–Crippen LogP) is -0.111. The fourth-order valence-corrected chi connectivity index (χ4v) is 1.78. The number of nitrogens with one attached hydrogen (secondary N) is 2. The zero-order valence-corrected chi connectivity index (χ0v) is 9.36. The Bertz CT molecular complexity index is 348. The molecule has 0 spiro atoms. The minimum Gasteiger partial charge on any atom is -0.360 e. The lowest BCUT2D eigenvalue weighted by Crippen LogP contribution is -2.24. The third-order valence-corrected chi connectivity index (χ3v) is 2.73. The fourth-order valence-electron chi connectivity index (χ4n) is 0.791. The van der Waals surface area contributed by atoms with Gasteiger partial charge in [-0.2, -0.15) is 0 Å². The molecule has 0 aliphatic heterocycles. The Labute approximate surface area is 86.8 Å². The summed E-state index contributed by atoms with van der Waals surface area (Å²) in [6, 6.07) is 0. The van der Waals surface area contributed by atoms with Crippen molar-refractivity contribution in [3.8, 4) is 0 Å². The van der Waals surface area contributed by atoms with Crippen LogP contribution in [-0.4, -0.2) is 38.0 Å². The fraction of sp³-hybridized carbons (Fsp3) is 0.667. The summed E-state index contributed by atoms with van der Waals surface area (Å²) in [4.78, 5) is 0. The van der Waals surface area contributed by atoms with Crippen molar-refractivity contribution in [2.45, 2.75) is 6.42 Å². The van der Waals surface area contributed by atoms with E-state index in [1.807, 2.05) is 0 Å². The Balaban J connectivity index is 2.06. The summed E-state index contributed by atoms with van der Waals surface area (Å²) in [7, 11) is -3.06. The highest BCUT2D eigenvalue weighted by atomic mass is 32.2. The zero-order valence-electron chi connectivity index (χ0n) is 7.73.